The quantitative estimate of drug-likeness (QED) is 0.284. The van der Waals surface area contributed by atoms with Crippen LogP contribution in [0.2, 0.25) is 0 Å². The van der Waals surface area contributed by atoms with Crippen LogP contribution in [-0.2, 0) is 30.6 Å². The Morgan fingerprint density at radius 1 is 1.37 bits per heavy atom. The Balaban J connectivity index is 1.69. The first-order valence-electron chi connectivity index (χ1n) is 9.93. The fourth-order valence-corrected chi connectivity index (χ4v) is 5.29. The number of nitrogens with zero attached hydrogens (tertiary/aromatic N) is 1. The maximum atomic E-state index is 16.1. The maximum absolute atomic E-state index is 16.1. The number of benzene rings is 1. The van der Waals surface area contributed by atoms with E-state index in [1.807, 2.05) is 0 Å². The highest BCUT2D eigenvalue weighted by molar-refractivity contribution is 7.71. The minimum Gasteiger partial charge on any atom is -0.493 e. The number of aromatic amines is 1. The molecule has 2 aliphatic rings. The number of fused-ring (bicyclic) bond motifs is 1. The van der Waals surface area contributed by atoms with Gasteiger partial charge >= 0.3 is 7.82 Å². The van der Waals surface area contributed by atoms with Gasteiger partial charge in [-0.25, -0.2) is 8.96 Å². The summed E-state index contributed by atoms with van der Waals surface area (Å²) in [6.45, 7) is 1.07. The normalized spacial score (nSPS) is 32.6. The average molecular weight is 520 g/mol. The van der Waals surface area contributed by atoms with Crippen LogP contribution in [0.3, 0.4) is 0 Å². The van der Waals surface area contributed by atoms with Crippen molar-refractivity contribution in [2.75, 3.05) is 7.11 Å². The summed E-state index contributed by atoms with van der Waals surface area (Å²) in [5.41, 5.74) is -2.71. The van der Waals surface area contributed by atoms with Crippen LogP contribution in [0.4, 0.5) is 4.39 Å². The number of alkyl halides is 1. The van der Waals surface area contributed by atoms with Gasteiger partial charge in [0.15, 0.2) is 16.3 Å². The van der Waals surface area contributed by atoms with E-state index in [2.05, 4.69) is 4.98 Å². The number of halogens is 1. The number of para-hydroxylation sites is 1. The third-order valence-corrected chi connectivity index (χ3v) is 7.25. The van der Waals surface area contributed by atoms with Crippen LogP contribution in [0, 0.1) is 11.7 Å². The lowest BCUT2D eigenvalue weighted by atomic mass is 9.59. The van der Waals surface area contributed by atoms with Gasteiger partial charge in [0, 0.05) is 17.3 Å². The number of phosphoric ester groups is 1. The fraction of sp³-hybridized carbons (Fsp3) is 0.444. The van der Waals surface area contributed by atoms with Crippen molar-refractivity contribution in [1.82, 2.24) is 9.55 Å². The van der Waals surface area contributed by atoms with Crippen LogP contribution in [0.15, 0.2) is 29.2 Å². The number of methoxy groups -OCH3 is 1. The van der Waals surface area contributed by atoms with Crippen LogP contribution >= 0.6 is 20.0 Å². The van der Waals surface area contributed by atoms with E-state index in [1.54, 1.807) is 12.1 Å². The summed E-state index contributed by atoms with van der Waals surface area (Å²) in [4.78, 5) is 14.1. The maximum Gasteiger partial charge on any atom is 0.529 e. The van der Waals surface area contributed by atoms with Gasteiger partial charge in [-0.2, -0.15) is 0 Å². The number of aliphatic hydroxyl groups excluding tert-OH is 2. The summed E-state index contributed by atoms with van der Waals surface area (Å²) >= 11 is 5.02. The third-order valence-electron chi connectivity index (χ3n) is 5.57. The van der Waals surface area contributed by atoms with Crippen molar-refractivity contribution in [3.8, 4) is 11.5 Å². The molecule has 0 bridgehead atoms. The SMILES string of the molecule is [B]C([B])(OP1(=O)OCc2cccc(OC)c2O1)[C@@]1(F)O[C@@]([B])(n2cc(C)c(=O)[nH]c2=S)[C@H](O)[C@@H]1O. The Bertz CT molecular complexity index is 1330. The van der Waals surface area contributed by atoms with E-state index >= 15 is 4.39 Å². The Hall–Kier alpha value is -1.93. The van der Waals surface area contributed by atoms with Crippen molar-refractivity contribution in [1.29, 1.82) is 0 Å². The van der Waals surface area contributed by atoms with Crippen molar-refractivity contribution >= 4 is 43.6 Å². The molecule has 1 unspecified atom stereocenters. The van der Waals surface area contributed by atoms with Gasteiger partial charge in [0.2, 0.25) is 0 Å². The van der Waals surface area contributed by atoms with Gasteiger partial charge < -0.3 is 28.8 Å². The fourth-order valence-electron chi connectivity index (χ4n) is 3.64. The largest absolute Gasteiger partial charge is 0.529 e. The first-order valence-corrected chi connectivity index (χ1v) is 11.8. The lowest BCUT2D eigenvalue weighted by Gasteiger charge is -2.42. The van der Waals surface area contributed by atoms with Crippen LogP contribution < -0.4 is 14.8 Å². The molecular formula is C18H17B3FN2O9PS. The minimum absolute atomic E-state index is 0.0237. The number of nitrogens with one attached hydrogen (secondary N) is 1. The molecule has 1 aromatic carbocycles. The second-order valence-electron chi connectivity index (χ2n) is 7.97. The molecule has 0 spiro atoms. The summed E-state index contributed by atoms with van der Waals surface area (Å²) in [5.74, 6) is -3.56. The van der Waals surface area contributed by atoms with E-state index in [4.69, 9.17) is 58.8 Å². The number of aliphatic hydroxyl groups is 2. The van der Waals surface area contributed by atoms with Gasteiger partial charge in [-0.3, -0.25) is 18.8 Å². The highest BCUT2D eigenvalue weighted by Crippen LogP contribution is 2.60. The highest BCUT2D eigenvalue weighted by Gasteiger charge is 2.68. The predicted octanol–water partition coefficient (Wildman–Crippen LogP) is 0.144. The Morgan fingerprint density at radius 2 is 2.06 bits per heavy atom. The van der Waals surface area contributed by atoms with Crippen molar-refractivity contribution < 1.29 is 42.2 Å². The highest BCUT2D eigenvalue weighted by atomic mass is 32.1. The topological polar surface area (TPSA) is 141 Å². The zero-order chi connectivity index (χ0) is 26.0. The number of rotatable bonds is 5. The molecule has 3 N–H and O–H groups in total. The van der Waals surface area contributed by atoms with Crippen molar-refractivity contribution in [3.63, 3.8) is 0 Å². The molecule has 1 saturated heterocycles. The molecule has 11 nitrogen and oxygen atoms in total. The molecule has 17 heteroatoms. The van der Waals surface area contributed by atoms with Gasteiger partial charge in [-0.15, -0.1) is 0 Å². The Labute approximate surface area is 207 Å². The molecule has 35 heavy (non-hydrogen) atoms. The van der Waals surface area contributed by atoms with Gasteiger partial charge in [0.25, 0.3) is 11.4 Å². The second-order valence-corrected chi connectivity index (χ2v) is 9.88. The van der Waals surface area contributed by atoms with Crippen molar-refractivity contribution in [2.24, 2.45) is 0 Å². The van der Waals surface area contributed by atoms with E-state index in [-0.39, 0.29) is 28.4 Å². The monoisotopic (exact) mass is 520 g/mol. The summed E-state index contributed by atoms with van der Waals surface area (Å²) in [6.07, 6.45) is -3.75. The molecule has 5 atom stereocenters. The average Bonchev–Trinajstić information content (AvgIpc) is 2.97. The number of hydrogen-bond acceptors (Lipinski definition) is 10. The van der Waals surface area contributed by atoms with Crippen LogP contribution in [0.1, 0.15) is 11.1 Å². The summed E-state index contributed by atoms with van der Waals surface area (Å²) in [6, 6.07) is 4.72. The van der Waals surface area contributed by atoms with Gasteiger partial charge in [0.1, 0.15) is 41.4 Å². The molecule has 0 saturated carbocycles. The first-order chi connectivity index (χ1) is 16.2. The number of ether oxygens (including phenoxy) is 2. The molecule has 0 aliphatic carbocycles. The molecule has 6 radical (unpaired) electrons. The number of phosphoric acid groups is 1. The number of aromatic nitrogens is 2. The van der Waals surface area contributed by atoms with Crippen molar-refractivity contribution in [2.45, 2.75) is 42.6 Å². The summed E-state index contributed by atoms with van der Waals surface area (Å²) < 4.78 is 55.5. The zero-order valence-electron chi connectivity index (χ0n) is 18.3. The number of H-pyrrole nitrogens is 1. The van der Waals surface area contributed by atoms with Crippen LogP contribution in [0.25, 0.3) is 0 Å². The third kappa shape index (κ3) is 4.10. The van der Waals surface area contributed by atoms with E-state index in [0.29, 0.717) is 5.56 Å². The molecule has 0 amide bonds. The number of aryl methyl sites for hydroxylation is 1. The van der Waals surface area contributed by atoms with E-state index < -0.39 is 42.5 Å². The van der Waals surface area contributed by atoms with Gasteiger partial charge in [-0.1, -0.05) is 12.1 Å². The van der Waals surface area contributed by atoms with Crippen molar-refractivity contribution in [3.05, 3.63) is 50.6 Å². The minimum atomic E-state index is -4.74. The summed E-state index contributed by atoms with van der Waals surface area (Å²) in [7, 11) is 14.2. The molecule has 4 rings (SSSR count). The smallest absolute Gasteiger partial charge is 0.493 e. The molecule has 3 heterocycles. The van der Waals surface area contributed by atoms with Crippen LogP contribution in [0.5, 0.6) is 11.5 Å². The van der Waals surface area contributed by atoms with Gasteiger partial charge in [-0.05, 0) is 25.2 Å². The zero-order valence-corrected chi connectivity index (χ0v) is 20.0. The molecule has 1 aromatic heterocycles. The standard InChI is InChI=1S/C18H17B3FN2O9PS/c1-8-6-24(15(35)23-14(8)27)17(19)13(26)12(25)16(22,32-17)18(20,21)33-34(28)30-7-9-4-3-5-10(29-2)11(9)31-34/h3-6,12-13,25-26H,7H2,1-2H3,(H,23,27,35)/t12-,13+,16-,17-,34?/m0/s1. The molecular weight excluding hydrogens is 503 g/mol. The first kappa shape index (κ1) is 26.1. The molecule has 2 aliphatic heterocycles. The van der Waals surface area contributed by atoms with E-state index in [1.165, 1.54) is 20.1 Å². The lowest BCUT2D eigenvalue weighted by Crippen LogP contribution is -2.60. The predicted molar refractivity (Wildman–Crippen MR) is 123 cm³/mol. The number of hydrogen-bond donors (Lipinski definition) is 3. The molecule has 1 fully saturated rings. The lowest BCUT2D eigenvalue weighted by molar-refractivity contribution is -0.240. The van der Waals surface area contributed by atoms with Crippen LogP contribution in [-0.4, -0.2) is 73.9 Å². The second kappa shape index (κ2) is 8.58. The molecule has 2 aromatic rings. The Morgan fingerprint density at radius 3 is 2.71 bits per heavy atom. The molecule has 180 valence electrons. The van der Waals surface area contributed by atoms with E-state index in [9.17, 15) is 19.6 Å². The van der Waals surface area contributed by atoms with E-state index in [0.717, 1.165) is 10.8 Å². The Kier molecular flexibility index (Phi) is 6.41. The van der Waals surface area contributed by atoms with Gasteiger partial charge in [0.05, 0.1) is 19.1 Å². The summed E-state index contributed by atoms with van der Waals surface area (Å²) in [5, 5.41) is 17.9.